The third kappa shape index (κ3) is 3.09. The molecule has 2 aromatic rings. The minimum absolute atomic E-state index is 0.154. The summed E-state index contributed by atoms with van der Waals surface area (Å²) in [5.41, 5.74) is 0.460. The third-order valence-corrected chi connectivity index (χ3v) is 3.80. The molecule has 21 heavy (non-hydrogen) atoms. The number of halogens is 2. The number of carbonyl (C=O) groups excluding carboxylic acids is 1. The summed E-state index contributed by atoms with van der Waals surface area (Å²) in [6, 6.07) is 6.15. The number of hydrogen-bond acceptors (Lipinski definition) is 5. The largest absolute Gasteiger partial charge is 0.471 e. The highest BCUT2D eigenvalue weighted by Gasteiger charge is 2.33. The summed E-state index contributed by atoms with van der Waals surface area (Å²) in [7, 11) is 0. The van der Waals surface area contributed by atoms with Gasteiger partial charge in [0.2, 0.25) is 0 Å². The van der Waals surface area contributed by atoms with E-state index in [1.165, 1.54) is 17.2 Å². The van der Waals surface area contributed by atoms with Crippen LogP contribution in [-0.4, -0.2) is 30.5 Å². The Hall–Kier alpha value is -1.84. The summed E-state index contributed by atoms with van der Waals surface area (Å²) in [5.74, 6) is -0.0481. The molecule has 8 heteroatoms. The molecule has 0 radical (unpaired) electrons. The summed E-state index contributed by atoms with van der Waals surface area (Å²) in [4.78, 5) is 13.2. The van der Waals surface area contributed by atoms with E-state index in [0.717, 1.165) is 0 Å². The number of ether oxygens (including phenoxy) is 2. The predicted molar refractivity (Wildman–Crippen MR) is 78.7 cm³/mol. The molecule has 1 fully saturated rings. The predicted octanol–water partition coefficient (Wildman–Crippen LogP) is 2.82. The molecule has 0 bridgehead atoms. The molecule has 1 saturated heterocycles. The molecule has 3 rings (SSSR count). The fourth-order valence-electron chi connectivity index (χ4n) is 1.93. The van der Waals surface area contributed by atoms with Crippen LogP contribution < -0.4 is 9.64 Å². The topological polar surface area (TPSA) is 64.8 Å². The maximum Gasteiger partial charge on any atom is 0.414 e. The Morgan fingerprint density at radius 1 is 1.48 bits per heavy atom. The fourth-order valence-corrected chi connectivity index (χ4v) is 2.26. The van der Waals surface area contributed by atoms with E-state index in [2.05, 4.69) is 9.68 Å². The first kappa shape index (κ1) is 14.1. The van der Waals surface area contributed by atoms with Crippen molar-refractivity contribution in [1.82, 2.24) is 5.16 Å². The standard InChI is InChI=1S/C13H10FIN2O4/c14-10-5-8(1-2-11(10)15)17-6-9(21-13(17)18)7-19-12-3-4-20-16-12/h1-5,9H,6-7H2/t9-/m1/s1. The minimum atomic E-state index is -0.524. The number of rotatable bonds is 4. The molecule has 1 aromatic heterocycles. The molecular weight excluding hydrogens is 394 g/mol. The van der Waals surface area contributed by atoms with Crippen LogP contribution in [0.2, 0.25) is 0 Å². The van der Waals surface area contributed by atoms with E-state index in [1.807, 2.05) is 22.6 Å². The first-order chi connectivity index (χ1) is 10.1. The van der Waals surface area contributed by atoms with Gasteiger partial charge in [-0.05, 0) is 45.9 Å². The van der Waals surface area contributed by atoms with E-state index in [0.29, 0.717) is 15.1 Å². The smallest absolute Gasteiger partial charge is 0.414 e. The first-order valence-electron chi connectivity index (χ1n) is 6.10. The summed E-state index contributed by atoms with van der Waals surface area (Å²) >= 11 is 1.89. The Morgan fingerprint density at radius 2 is 2.33 bits per heavy atom. The lowest BCUT2D eigenvalue weighted by Gasteiger charge is -2.13. The van der Waals surface area contributed by atoms with Crippen molar-refractivity contribution in [2.45, 2.75) is 6.10 Å². The lowest BCUT2D eigenvalue weighted by Crippen LogP contribution is -2.26. The molecule has 0 N–H and O–H groups in total. The first-order valence-corrected chi connectivity index (χ1v) is 7.18. The fraction of sp³-hybridized carbons (Fsp3) is 0.231. The van der Waals surface area contributed by atoms with Gasteiger partial charge in [0.15, 0.2) is 6.10 Å². The average Bonchev–Trinajstić information content (AvgIpc) is 3.09. The number of hydrogen-bond donors (Lipinski definition) is 0. The van der Waals surface area contributed by atoms with Crippen LogP contribution in [0, 0.1) is 9.39 Å². The molecule has 0 aliphatic carbocycles. The normalized spacial score (nSPS) is 17.9. The maximum atomic E-state index is 13.6. The van der Waals surface area contributed by atoms with E-state index in [4.69, 9.17) is 9.47 Å². The second-order valence-corrected chi connectivity index (χ2v) is 5.53. The molecule has 6 nitrogen and oxygen atoms in total. The summed E-state index contributed by atoms with van der Waals surface area (Å²) in [6.07, 6.45) is 0.414. The van der Waals surface area contributed by atoms with Crippen molar-refractivity contribution in [3.63, 3.8) is 0 Å². The van der Waals surface area contributed by atoms with Crippen molar-refractivity contribution in [3.8, 4) is 5.88 Å². The zero-order chi connectivity index (χ0) is 14.8. The van der Waals surface area contributed by atoms with Gasteiger partial charge in [0.25, 0.3) is 5.88 Å². The van der Waals surface area contributed by atoms with Gasteiger partial charge in [0, 0.05) is 9.64 Å². The van der Waals surface area contributed by atoms with E-state index >= 15 is 0 Å². The monoisotopic (exact) mass is 404 g/mol. The molecular formula is C13H10FIN2O4. The zero-order valence-electron chi connectivity index (χ0n) is 10.7. The number of nitrogens with zero attached hydrogens (tertiary/aromatic N) is 2. The molecule has 0 unspecified atom stereocenters. The van der Waals surface area contributed by atoms with E-state index in [1.54, 1.807) is 18.2 Å². The van der Waals surface area contributed by atoms with Crippen molar-refractivity contribution < 1.29 is 23.2 Å². The van der Waals surface area contributed by atoms with E-state index < -0.39 is 12.2 Å². The molecule has 1 aliphatic heterocycles. The van der Waals surface area contributed by atoms with E-state index in [9.17, 15) is 9.18 Å². The second kappa shape index (κ2) is 5.88. The highest BCUT2D eigenvalue weighted by Crippen LogP contribution is 2.24. The van der Waals surface area contributed by atoms with Gasteiger partial charge in [-0.3, -0.25) is 4.90 Å². The minimum Gasteiger partial charge on any atom is -0.471 e. The van der Waals surface area contributed by atoms with Crippen LogP contribution in [0.15, 0.2) is 35.1 Å². The highest BCUT2D eigenvalue weighted by atomic mass is 127. The number of cyclic esters (lactones) is 1. The van der Waals surface area contributed by atoms with Crippen LogP contribution in [0.25, 0.3) is 0 Å². The van der Waals surface area contributed by atoms with Crippen molar-refractivity contribution in [1.29, 1.82) is 0 Å². The lowest BCUT2D eigenvalue weighted by molar-refractivity contribution is 0.102. The quantitative estimate of drug-likeness (QED) is 0.734. The number of amides is 1. The van der Waals surface area contributed by atoms with Crippen molar-refractivity contribution >= 4 is 34.4 Å². The van der Waals surface area contributed by atoms with Crippen molar-refractivity contribution in [2.24, 2.45) is 0 Å². The number of carbonyl (C=O) groups is 1. The lowest BCUT2D eigenvalue weighted by atomic mass is 10.2. The van der Waals surface area contributed by atoms with E-state index in [-0.39, 0.29) is 19.0 Å². The van der Waals surface area contributed by atoms with Gasteiger partial charge in [-0.1, -0.05) is 0 Å². The van der Waals surface area contributed by atoms with Gasteiger partial charge in [-0.25, -0.2) is 9.18 Å². The highest BCUT2D eigenvalue weighted by molar-refractivity contribution is 14.1. The molecule has 1 atom stereocenters. The second-order valence-electron chi connectivity index (χ2n) is 4.36. The average molecular weight is 404 g/mol. The molecule has 0 saturated carbocycles. The Morgan fingerprint density at radius 3 is 3.05 bits per heavy atom. The van der Waals surface area contributed by atoms with Gasteiger partial charge in [-0.2, -0.15) is 0 Å². The van der Waals surface area contributed by atoms with Gasteiger partial charge in [-0.15, -0.1) is 0 Å². The molecule has 0 spiro atoms. The number of aromatic nitrogens is 1. The summed E-state index contributed by atoms with van der Waals surface area (Å²) < 4.78 is 29.2. The van der Waals surface area contributed by atoms with Crippen molar-refractivity contribution in [3.05, 3.63) is 39.9 Å². The molecule has 110 valence electrons. The summed E-state index contributed by atoms with van der Waals surface area (Å²) in [6.45, 7) is 0.443. The number of benzene rings is 1. The van der Waals surface area contributed by atoms with Crippen LogP contribution in [0.4, 0.5) is 14.9 Å². The SMILES string of the molecule is O=C1O[C@@H](COc2ccon2)CN1c1ccc(I)c(F)c1. The molecule has 2 heterocycles. The Kier molecular flexibility index (Phi) is 3.95. The van der Waals surface area contributed by atoms with Gasteiger partial charge >= 0.3 is 6.09 Å². The van der Waals surface area contributed by atoms with Gasteiger partial charge in [0.1, 0.15) is 18.7 Å². The Balaban J connectivity index is 1.65. The van der Waals surface area contributed by atoms with Crippen LogP contribution >= 0.6 is 22.6 Å². The molecule has 1 amide bonds. The van der Waals surface area contributed by atoms with Crippen LogP contribution in [0.5, 0.6) is 5.88 Å². The maximum absolute atomic E-state index is 13.6. The Labute approximate surface area is 132 Å². The van der Waals surface area contributed by atoms with Crippen molar-refractivity contribution in [2.75, 3.05) is 18.1 Å². The van der Waals surface area contributed by atoms with Crippen LogP contribution in [0.1, 0.15) is 0 Å². The number of anilines is 1. The zero-order valence-corrected chi connectivity index (χ0v) is 12.8. The van der Waals surface area contributed by atoms with Gasteiger partial charge < -0.3 is 14.0 Å². The molecule has 1 aromatic carbocycles. The third-order valence-electron chi connectivity index (χ3n) is 2.92. The van der Waals surface area contributed by atoms with Crippen LogP contribution in [-0.2, 0) is 4.74 Å². The summed E-state index contributed by atoms with van der Waals surface area (Å²) in [5, 5.41) is 3.59. The Bertz CT molecular complexity index is 650. The molecule has 1 aliphatic rings. The van der Waals surface area contributed by atoms with Gasteiger partial charge in [0.05, 0.1) is 12.2 Å². The van der Waals surface area contributed by atoms with Crippen LogP contribution in [0.3, 0.4) is 0 Å².